The van der Waals surface area contributed by atoms with Gasteiger partial charge in [0.1, 0.15) is 5.69 Å². The zero-order valence-electron chi connectivity index (χ0n) is 20.9. The molecule has 2 aliphatic carbocycles. The summed E-state index contributed by atoms with van der Waals surface area (Å²) in [4.78, 5) is 3.68. The Hall–Kier alpha value is -3.86. The second-order valence-corrected chi connectivity index (χ2v) is 10.2. The molecule has 2 unspecified atom stereocenters. The summed E-state index contributed by atoms with van der Waals surface area (Å²) in [6.45, 7) is 4.26. The molecule has 2 nitrogen and oxygen atoms in total. The van der Waals surface area contributed by atoms with Crippen LogP contribution >= 0.6 is 0 Å². The molecular formula is C33H28F3N2. The van der Waals surface area contributed by atoms with Gasteiger partial charge in [-0.25, -0.2) is 0 Å². The number of benzene rings is 2. The van der Waals surface area contributed by atoms with Crippen LogP contribution in [0.3, 0.4) is 0 Å². The maximum absolute atomic E-state index is 13.0. The number of pyridine rings is 1. The predicted molar refractivity (Wildman–Crippen MR) is 146 cm³/mol. The highest BCUT2D eigenvalue weighted by Crippen LogP contribution is 2.32. The monoisotopic (exact) mass is 509 g/mol. The highest BCUT2D eigenvalue weighted by atomic mass is 19.4. The van der Waals surface area contributed by atoms with Crippen molar-refractivity contribution in [3.63, 3.8) is 0 Å². The van der Waals surface area contributed by atoms with Gasteiger partial charge in [0.2, 0.25) is 0 Å². The van der Waals surface area contributed by atoms with E-state index < -0.39 is 11.9 Å². The molecule has 0 spiro atoms. The number of nitrogens with one attached hydrogen (secondary N) is 1. The Kier molecular flexibility index (Phi) is 6.30. The van der Waals surface area contributed by atoms with Crippen LogP contribution in [0.5, 0.6) is 0 Å². The summed E-state index contributed by atoms with van der Waals surface area (Å²) >= 11 is 0. The topological polar surface area (TPSA) is 24.9 Å². The fourth-order valence-electron chi connectivity index (χ4n) is 5.86. The third kappa shape index (κ3) is 4.62. The van der Waals surface area contributed by atoms with E-state index in [4.69, 9.17) is 0 Å². The molecule has 5 heteroatoms. The van der Waals surface area contributed by atoms with Crippen LogP contribution in [-0.4, -0.2) is 4.98 Å². The number of nitrogens with zero attached hydrogens (tertiary/aromatic N) is 1. The Labute approximate surface area is 219 Å². The van der Waals surface area contributed by atoms with Gasteiger partial charge in [0.05, 0.1) is 0 Å². The number of aromatic nitrogens is 1. The summed E-state index contributed by atoms with van der Waals surface area (Å²) in [7, 11) is 0. The lowest BCUT2D eigenvalue weighted by atomic mass is 9.79. The van der Waals surface area contributed by atoms with E-state index in [1.165, 1.54) is 38.2 Å². The molecule has 2 atom stereocenters. The molecule has 6 rings (SSSR count). The lowest BCUT2D eigenvalue weighted by Gasteiger charge is -2.26. The van der Waals surface area contributed by atoms with Crippen molar-refractivity contribution in [3.8, 4) is 0 Å². The minimum atomic E-state index is -4.43. The van der Waals surface area contributed by atoms with E-state index in [-0.39, 0.29) is 5.92 Å². The maximum Gasteiger partial charge on any atom is 0.433 e. The van der Waals surface area contributed by atoms with E-state index in [0.29, 0.717) is 12.3 Å². The highest BCUT2D eigenvalue weighted by molar-refractivity contribution is 5.69. The van der Waals surface area contributed by atoms with Crippen molar-refractivity contribution in [2.75, 3.05) is 0 Å². The van der Waals surface area contributed by atoms with Crippen molar-refractivity contribution >= 4 is 17.8 Å². The van der Waals surface area contributed by atoms with Crippen molar-refractivity contribution in [2.24, 2.45) is 5.92 Å². The number of hydrogen-bond donors (Lipinski definition) is 1. The molecule has 2 heterocycles. The minimum Gasteiger partial charge on any atom is -0.361 e. The van der Waals surface area contributed by atoms with Gasteiger partial charge in [0, 0.05) is 29.6 Å². The van der Waals surface area contributed by atoms with Crippen molar-refractivity contribution in [1.29, 1.82) is 0 Å². The summed E-state index contributed by atoms with van der Waals surface area (Å²) in [5.41, 5.74) is 4.84. The van der Waals surface area contributed by atoms with E-state index >= 15 is 0 Å². The van der Waals surface area contributed by atoms with Crippen LogP contribution in [0.1, 0.15) is 46.7 Å². The van der Waals surface area contributed by atoms with Gasteiger partial charge in [0.25, 0.3) is 0 Å². The number of fused-ring (bicyclic) bond motifs is 4. The van der Waals surface area contributed by atoms with Crippen molar-refractivity contribution in [3.05, 3.63) is 135 Å². The number of hydrogen-bond acceptors (Lipinski definition) is 2. The fourth-order valence-corrected chi connectivity index (χ4v) is 5.86. The molecular weight excluding hydrogens is 481 g/mol. The first kappa shape index (κ1) is 24.5. The molecule has 2 aromatic carbocycles. The first-order valence-electron chi connectivity index (χ1n) is 13.0. The van der Waals surface area contributed by atoms with E-state index in [0.717, 1.165) is 42.2 Å². The van der Waals surface area contributed by atoms with Crippen LogP contribution in [0, 0.1) is 23.3 Å². The lowest BCUT2D eigenvalue weighted by Crippen LogP contribution is -2.26. The SMILES string of the molecule is [CH2]C1C=c2ccc3c(c2CC1)C(CCc1ccc(C(F)(F)F)nc1)C=c1c(C2=CC=CC=CN2)cccc1=3. The molecule has 0 bridgehead atoms. The van der Waals surface area contributed by atoms with Crippen molar-refractivity contribution in [2.45, 2.75) is 37.8 Å². The molecule has 1 aromatic heterocycles. The van der Waals surface area contributed by atoms with Gasteiger partial charge in [-0.2, -0.15) is 13.2 Å². The summed E-state index contributed by atoms with van der Waals surface area (Å²) in [6, 6.07) is 13.5. The molecule has 3 aliphatic rings. The molecule has 191 valence electrons. The second kappa shape index (κ2) is 9.79. The van der Waals surface area contributed by atoms with Gasteiger partial charge >= 0.3 is 6.18 Å². The Morgan fingerprint density at radius 3 is 2.68 bits per heavy atom. The lowest BCUT2D eigenvalue weighted by molar-refractivity contribution is -0.141. The van der Waals surface area contributed by atoms with Crippen LogP contribution in [0.2, 0.25) is 0 Å². The number of aryl methyl sites for hydroxylation is 1. The number of halogens is 3. The zero-order valence-corrected chi connectivity index (χ0v) is 20.9. The van der Waals surface area contributed by atoms with Gasteiger partial charge in [0.15, 0.2) is 0 Å². The smallest absolute Gasteiger partial charge is 0.361 e. The molecule has 3 aromatic rings. The molecule has 38 heavy (non-hydrogen) atoms. The quantitative estimate of drug-likeness (QED) is 0.461. The van der Waals surface area contributed by atoms with Crippen LogP contribution in [0.4, 0.5) is 13.2 Å². The highest BCUT2D eigenvalue weighted by Gasteiger charge is 2.32. The second-order valence-electron chi connectivity index (χ2n) is 10.2. The first-order valence-corrected chi connectivity index (χ1v) is 13.0. The maximum atomic E-state index is 13.0. The Morgan fingerprint density at radius 2 is 1.87 bits per heavy atom. The normalized spacial score (nSPS) is 19.6. The molecule has 1 radical (unpaired) electrons. The molecule has 1 N–H and O–H groups in total. The largest absolute Gasteiger partial charge is 0.433 e. The molecule has 0 amide bonds. The van der Waals surface area contributed by atoms with Gasteiger partial charge in [-0.05, 0) is 94.3 Å². The van der Waals surface area contributed by atoms with Crippen molar-refractivity contribution in [1.82, 2.24) is 10.3 Å². The van der Waals surface area contributed by atoms with Crippen LogP contribution in [0.25, 0.3) is 17.8 Å². The van der Waals surface area contributed by atoms with Crippen LogP contribution in [0.15, 0.2) is 79.2 Å². The molecule has 1 aliphatic heterocycles. The van der Waals surface area contributed by atoms with Gasteiger partial charge in [-0.15, -0.1) is 0 Å². The van der Waals surface area contributed by atoms with Gasteiger partial charge in [-0.3, -0.25) is 4.98 Å². The molecule has 0 fully saturated rings. The third-order valence-electron chi connectivity index (χ3n) is 7.68. The molecule has 0 saturated carbocycles. The Bertz CT molecular complexity index is 1690. The summed E-state index contributed by atoms with van der Waals surface area (Å²) < 4.78 is 39.0. The van der Waals surface area contributed by atoms with E-state index in [1.54, 1.807) is 6.07 Å². The van der Waals surface area contributed by atoms with E-state index in [1.807, 2.05) is 24.4 Å². The van der Waals surface area contributed by atoms with E-state index in [9.17, 15) is 13.2 Å². The van der Waals surface area contributed by atoms with Crippen LogP contribution < -0.4 is 15.8 Å². The Balaban J connectivity index is 1.49. The molecule has 0 saturated heterocycles. The van der Waals surface area contributed by atoms with Gasteiger partial charge in [-0.1, -0.05) is 60.7 Å². The fraction of sp³-hybridized carbons (Fsp3) is 0.212. The first-order chi connectivity index (χ1) is 18.4. The average Bonchev–Trinajstić information content (AvgIpc) is 3.20. The minimum absolute atomic E-state index is 0.128. The summed E-state index contributed by atoms with van der Waals surface area (Å²) in [5, 5.41) is 8.31. The standard InChI is InChI=1S/C33H28F3N2/c1-21-9-14-25-23(18-21)13-15-28-26-6-5-7-27(30-8-3-2-4-17-37-30)29(26)19-24(32(25)28)12-10-22-11-16-31(38-20-22)33(34,35)36/h2-8,11,13,15-21,24,37H,1,9-10,12,14H2. The number of alkyl halides is 3. The Morgan fingerprint density at radius 1 is 0.974 bits per heavy atom. The van der Waals surface area contributed by atoms with Crippen molar-refractivity contribution < 1.29 is 13.2 Å². The van der Waals surface area contributed by atoms with Crippen LogP contribution in [-0.2, 0) is 19.0 Å². The zero-order chi connectivity index (χ0) is 26.3. The average molecular weight is 510 g/mol. The van der Waals surface area contributed by atoms with E-state index in [2.05, 4.69) is 65.8 Å². The third-order valence-corrected chi connectivity index (χ3v) is 7.68. The van der Waals surface area contributed by atoms with Gasteiger partial charge < -0.3 is 5.32 Å². The predicted octanol–water partition coefficient (Wildman–Crippen LogP) is 6.09. The summed E-state index contributed by atoms with van der Waals surface area (Å²) in [6.07, 6.45) is 15.0. The number of allylic oxidation sites excluding steroid dienone is 4. The number of rotatable bonds is 4. The summed E-state index contributed by atoms with van der Waals surface area (Å²) in [5.74, 6) is 0.432.